The molecule has 0 atom stereocenters. The summed E-state index contributed by atoms with van der Waals surface area (Å²) in [7, 11) is -3.48. The third kappa shape index (κ3) is 4.49. The molecule has 1 saturated heterocycles. The average molecular weight is 444 g/mol. The van der Waals surface area contributed by atoms with Crippen molar-refractivity contribution in [3.8, 4) is 0 Å². The van der Waals surface area contributed by atoms with Crippen LogP contribution in [0, 0.1) is 20.8 Å². The van der Waals surface area contributed by atoms with Crippen molar-refractivity contribution in [2.24, 2.45) is 0 Å². The lowest BCUT2D eigenvalue weighted by molar-refractivity contribution is 0.0901. The van der Waals surface area contributed by atoms with Crippen LogP contribution in [-0.4, -0.2) is 60.7 Å². The van der Waals surface area contributed by atoms with E-state index >= 15 is 0 Å². The fourth-order valence-corrected chi connectivity index (χ4v) is 6.48. The number of hydrogen-bond acceptors (Lipinski definition) is 4. The van der Waals surface area contributed by atoms with Gasteiger partial charge in [-0.3, -0.25) is 9.69 Å². The monoisotopic (exact) mass is 443 g/mol. The maximum atomic E-state index is 13.1. The number of rotatable bonds is 6. The van der Waals surface area contributed by atoms with Crippen molar-refractivity contribution in [3.05, 3.63) is 52.8 Å². The summed E-state index contributed by atoms with van der Waals surface area (Å²) in [4.78, 5) is 15.5. The van der Waals surface area contributed by atoms with Gasteiger partial charge in [-0.05, 0) is 51.8 Å². The van der Waals surface area contributed by atoms with Crippen LogP contribution < -0.4 is 0 Å². The zero-order valence-corrected chi connectivity index (χ0v) is 19.6. The Balaban J connectivity index is 1.38. The minimum Gasteiger partial charge on any atom is -0.345 e. The Morgan fingerprint density at radius 2 is 1.58 bits per heavy atom. The quantitative estimate of drug-likeness (QED) is 0.639. The maximum Gasteiger partial charge on any atom is 0.243 e. The molecular formula is C24H33N3O3S. The first-order chi connectivity index (χ1) is 14.8. The van der Waals surface area contributed by atoms with Crippen molar-refractivity contribution < 1.29 is 13.2 Å². The normalized spacial score (nSPS) is 19.2. The largest absolute Gasteiger partial charge is 0.345 e. The molecule has 4 rings (SSSR count). The molecular weight excluding hydrogens is 410 g/mol. The van der Waals surface area contributed by atoms with Crippen molar-refractivity contribution in [3.63, 3.8) is 0 Å². The Morgan fingerprint density at radius 1 is 0.968 bits per heavy atom. The van der Waals surface area contributed by atoms with Gasteiger partial charge >= 0.3 is 0 Å². The van der Waals surface area contributed by atoms with Gasteiger partial charge in [0.25, 0.3) is 0 Å². The van der Waals surface area contributed by atoms with Crippen LogP contribution in [0.25, 0.3) is 0 Å². The molecule has 0 bridgehead atoms. The first-order valence-electron chi connectivity index (χ1n) is 11.3. The van der Waals surface area contributed by atoms with Crippen LogP contribution in [-0.2, 0) is 10.0 Å². The predicted octanol–water partition coefficient (Wildman–Crippen LogP) is 3.72. The van der Waals surface area contributed by atoms with Crippen LogP contribution in [0.3, 0.4) is 0 Å². The second-order valence-corrected chi connectivity index (χ2v) is 10.9. The summed E-state index contributed by atoms with van der Waals surface area (Å²) in [5.41, 5.74) is 4.10. The number of ketones is 1. The zero-order chi connectivity index (χ0) is 22.2. The Kier molecular flexibility index (Phi) is 6.37. The van der Waals surface area contributed by atoms with Gasteiger partial charge in [-0.1, -0.05) is 30.5 Å². The average Bonchev–Trinajstić information content (AvgIpc) is 3.36. The Labute approximate surface area is 185 Å². The van der Waals surface area contributed by atoms with E-state index in [0.717, 1.165) is 16.8 Å². The van der Waals surface area contributed by atoms with E-state index in [-0.39, 0.29) is 5.78 Å². The molecule has 2 heterocycles. The number of piperazine rings is 1. The van der Waals surface area contributed by atoms with Gasteiger partial charge in [-0.2, -0.15) is 4.31 Å². The second kappa shape index (κ2) is 8.88. The predicted molar refractivity (Wildman–Crippen MR) is 122 cm³/mol. The number of sulfonamides is 1. The van der Waals surface area contributed by atoms with E-state index in [2.05, 4.69) is 23.3 Å². The lowest BCUT2D eigenvalue weighted by atomic mass is 10.1. The fraction of sp³-hybridized carbons (Fsp3) is 0.542. The highest BCUT2D eigenvalue weighted by Crippen LogP contribution is 2.33. The number of aromatic nitrogens is 1. The van der Waals surface area contributed by atoms with E-state index in [0.29, 0.717) is 43.7 Å². The van der Waals surface area contributed by atoms with Gasteiger partial charge in [0.05, 0.1) is 11.4 Å². The van der Waals surface area contributed by atoms with Gasteiger partial charge < -0.3 is 4.57 Å². The topological polar surface area (TPSA) is 62.6 Å². The molecule has 1 aromatic heterocycles. The van der Waals surface area contributed by atoms with Crippen molar-refractivity contribution in [2.45, 2.75) is 57.4 Å². The smallest absolute Gasteiger partial charge is 0.243 e. The van der Waals surface area contributed by atoms with E-state index < -0.39 is 10.0 Å². The number of hydrogen-bond donors (Lipinski definition) is 0. The van der Waals surface area contributed by atoms with Crippen LogP contribution in [0.2, 0.25) is 0 Å². The SMILES string of the molecule is Cc1ccc(S(=O)(=O)N2CCN(CC(=O)c3cc(C)n(C4CCCC4)c3C)CC2)cc1. The van der Waals surface area contributed by atoms with E-state index in [1.807, 2.05) is 25.1 Å². The third-order valence-corrected chi connectivity index (χ3v) is 8.74. The molecule has 1 aliphatic carbocycles. The van der Waals surface area contributed by atoms with Crippen LogP contribution in [0.4, 0.5) is 0 Å². The number of Topliss-reactive ketones (excluding diaryl/α,β-unsaturated/α-hetero) is 1. The first-order valence-corrected chi connectivity index (χ1v) is 12.7. The highest BCUT2D eigenvalue weighted by Gasteiger charge is 2.30. The van der Waals surface area contributed by atoms with Gasteiger partial charge in [-0.25, -0.2) is 8.42 Å². The minimum atomic E-state index is -3.48. The molecule has 2 fully saturated rings. The Bertz CT molecular complexity index is 1040. The molecule has 6 nitrogen and oxygen atoms in total. The second-order valence-electron chi connectivity index (χ2n) is 9.01. The molecule has 1 aliphatic heterocycles. The molecule has 0 radical (unpaired) electrons. The van der Waals surface area contributed by atoms with Crippen molar-refractivity contribution in [1.82, 2.24) is 13.8 Å². The van der Waals surface area contributed by atoms with E-state index in [4.69, 9.17) is 0 Å². The van der Waals surface area contributed by atoms with Crippen molar-refractivity contribution >= 4 is 15.8 Å². The third-order valence-electron chi connectivity index (χ3n) is 6.83. The standard InChI is InChI=1S/C24H33N3O3S/c1-18-8-10-22(11-9-18)31(29,30)26-14-12-25(13-15-26)17-24(28)23-16-19(2)27(20(23)3)21-6-4-5-7-21/h8-11,16,21H,4-7,12-15,17H2,1-3H3. The summed E-state index contributed by atoms with van der Waals surface area (Å²) < 4.78 is 29.7. The van der Waals surface area contributed by atoms with Gasteiger partial charge in [0.2, 0.25) is 10.0 Å². The Hall–Kier alpha value is -1.96. The number of nitrogens with zero attached hydrogens (tertiary/aromatic N) is 3. The summed E-state index contributed by atoms with van der Waals surface area (Å²) in [6, 6.07) is 9.54. The Morgan fingerprint density at radius 3 is 2.19 bits per heavy atom. The summed E-state index contributed by atoms with van der Waals surface area (Å²) >= 11 is 0. The molecule has 0 amide bonds. The van der Waals surface area contributed by atoms with Gasteiger partial charge in [-0.15, -0.1) is 0 Å². The molecule has 0 N–H and O–H groups in total. The number of benzene rings is 1. The van der Waals surface area contributed by atoms with Gasteiger partial charge in [0.15, 0.2) is 5.78 Å². The summed E-state index contributed by atoms with van der Waals surface area (Å²) in [5, 5.41) is 0. The molecule has 7 heteroatoms. The number of carbonyl (C=O) groups is 1. The molecule has 2 aromatic rings. The molecule has 1 aromatic carbocycles. The van der Waals surface area contributed by atoms with E-state index in [9.17, 15) is 13.2 Å². The zero-order valence-electron chi connectivity index (χ0n) is 18.8. The molecule has 2 aliphatic rings. The molecule has 168 valence electrons. The summed E-state index contributed by atoms with van der Waals surface area (Å²) in [5.74, 6) is 0.132. The first kappa shape index (κ1) is 22.2. The highest BCUT2D eigenvalue weighted by molar-refractivity contribution is 7.89. The number of carbonyl (C=O) groups excluding carboxylic acids is 1. The van der Waals surface area contributed by atoms with Crippen molar-refractivity contribution in [2.75, 3.05) is 32.7 Å². The minimum absolute atomic E-state index is 0.132. The van der Waals surface area contributed by atoms with Crippen molar-refractivity contribution in [1.29, 1.82) is 0 Å². The van der Waals surface area contributed by atoms with Gasteiger partial charge in [0, 0.05) is 49.2 Å². The summed E-state index contributed by atoms with van der Waals surface area (Å²) in [6.45, 7) is 8.39. The van der Waals surface area contributed by atoms with Crippen LogP contribution in [0.15, 0.2) is 35.2 Å². The lowest BCUT2D eigenvalue weighted by Gasteiger charge is -2.33. The maximum absolute atomic E-state index is 13.1. The molecule has 0 unspecified atom stereocenters. The van der Waals surface area contributed by atoms with Crippen LogP contribution >= 0.6 is 0 Å². The molecule has 31 heavy (non-hydrogen) atoms. The van der Waals surface area contributed by atoms with E-state index in [1.54, 1.807) is 12.1 Å². The fourth-order valence-electron chi connectivity index (χ4n) is 5.06. The summed E-state index contributed by atoms with van der Waals surface area (Å²) in [6.07, 6.45) is 4.92. The van der Waals surface area contributed by atoms with Gasteiger partial charge in [0.1, 0.15) is 0 Å². The molecule has 1 saturated carbocycles. The van der Waals surface area contributed by atoms with Crippen LogP contribution in [0.1, 0.15) is 59.0 Å². The van der Waals surface area contributed by atoms with Crippen LogP contribution in [0.5, 0.6) is 0 Å². The number of aryl methyl sites for hydroxylation is 2. The van der Waals surface area contributed by atoms with E-state index in [1.165, 1.54) is 35.7 Å². The molecule has 0 spiro atoms. The highest BCUT2D eigenvalue weighted by atomic mass is 32.2. The lowest BCUT2D eigenvalue weighted by Crippen LogP contribution is -2.49.